The van der Waals surface area contributed by atoms with E-state index in [-0.39, 0.29) is 0 Å². The SMILES string of the molecule is CN(C)CC(N)C1CCN(C)CC1. The minimum atomic E-state index is 0.365. The molecule has 78 valence electrons. The highest BCUT2D eigenvalue weighted by Crippen LogP contribution is 2.18. The van der Waals surface area contributed by atoms with E-state index in [9.17, 15) is 0 Å². The molecule has 3 heteroatoms. The summed E-state index contributed by atoms with van der Waals surface area (Å²) in [5.41, 5.74) is 6.13. The predicted molar refractivity (Wildman–Crippen MR) is 56.8 cm³/mol. The maximum Gasteiger partial charge on any atom is 0.0197 e. The van der Waals surface area contributed by atoms with Crippen molar-refractivity contribution in [2.45, 2.75) is 18.9 Å². The number of piperidine rings is 1. The quantitative estimate of drug-likeness (QED) is 0.682. The molecule has 2 N–H and O–H groups in total. The third-order valence-corrected chi connectivity index (χ3v) is 2.94. The molecule has 0 aromatic carbocycles. The second-order valence-electron chi connectivity index (χ2n) is 4.57. The van der Waals surface area contributed by atoms with E-state index < -0.39 is 0 Å². The van der Waals surface area contributed by atoms with Crippen LogP contribution in [-0.4, -0.2) is 56.6 Å². The van der Waals surface area contributed by atoms with Gasteiger partial charge in [-0.2, -0.15) is 0 Å². The van der Waals surface area contributed by atoms with Crippen molar-refractivity contribution in [1.29, 1.82) is 0 Å². The Bertz CT molecular complexity index is 139. The van der Waals surface area contributed by atoms with Gasteiger partial charge in [-0.3, -0.25) is 0 Å². The van der Waals surface area contributed by atoms with Crippen LogP contribution >= 0.6 is 0 Å². The summed E-state index contributed by atoms with van der Waals surface area (Å²) in [7, 11) is 6.37. The van der Waals surface area contributed by atoms with Crippen LogP contribution in [0.15, 0.2) is 0 Å². The molecule has 1 aliphatic rings. The van der Waals surface area contributed by atoms with Gasteiger partial charge in [-0.1, -0.05) is 0 Å². The first-order valence-electron chi connectivity index (χ1n) is 5.18. The van der Waals surface area contributed by atoms with Gasteiger partial charge in [0.25, 0.3) is 0 Å². The molecular formula is C10H23N3. The molecule has 0 saturated carbocycles. The Labute approximate surface area is 81.9 Å². The molecule has 0 aromatic heterocycles. The molecular weight excluding hydrogens is 162 g/mol. The summed E-state index contributed by atoms with van der Waals surface area (Å²) in [5, 5.41) is 0. The zero-order chi connectivity index (χ0) is 9.84. The largest absolute Gasteiger partial charge is 0.326 e. The van der Waals surface area contributed by atoms with Gasteiger partial charge in [-0.15, -0.1) is 0 Å². The number of likely N-dealkylation sites (N-methyl/N-ethyl adjacent to an activating group) is 1. The predicted octanol–water partition coefficient (Wildman–Crippen LogP) is 0.217. The molecule has 0 radical (unpaired) electrons. The van der Waals surface area contributed by atoms with Crippen LogP contribution < -0.4 is 5.73 Å². The number of hydrogen-bond donors (Lipinski definition) is 1. The zero-order valence-corrected chi connectivity index (χ0v) is 9.16. The van der Waals surface area contributed by atoms with Crippen LogP contribution in [0.25, 0.3) is 0 Å². The van der Waals surface area contributed by atoms with Crippen molar-refractivity contribution < 1.29 is 0 Å². The Morgan fingerprint density at radius 3 is 2.38 bits per heavy atom. The first kappa shape index (κ1) is 11.0. The van der Waals surface area contributed by atoms with Crippen LogP contribution in [0.3, 0.4) is 0 Å². The summed E-state index contributed by atoms with van der Waals surface area (Å²) in [6.07, 6.45) is 2.54. The summed E-state index contributed by atoms with van der Waals surface area (Å²) in [6.45, 7) is 3.45. The Morgan fingerprint density at radius 1 is 1.38 bits per heavy atom. The molecule has 1 fully saturated rings. The van der Waals surface area contributed by atoms with Gasteiger partial charge in [0, 0.05) is 12.6 Å². The van der Waals surface area contributed by atoms with Gasteiger partial charge in [-0.25, -0.2) is 0 Å². The maximum atomic E-state index is 6.13. The standard InChI is InChI=1S/C10H23N3/c1-12(2)8-10(11)9-4-6-13(3)7-5-9/h9-10H,4-8,11H2,1-3H3. The number of hydrogen-bond acceptors (Lipinski definition) is 3. The van der Waals surface area contributed by atoms with Crippen LogP contribution in [0, 0.1) is 5.92 Å². The highest BCUT2D eigenvalue weighted by Gasteiger charge is 2.22. The van der Waals surface area contributed by atoms with Crippen LogP contribution in [0.1, 0.15) is 12.8 Å². The minimum Gasteiger partial charge on any atom is -0.326 e. The van der Waals surface area contributed by atoms with Crippen LogP contribution in [0.5, 0.6) is 0 Å². The summed E-state index contributed by atoms with van der Waals surface area (Å²) < 4.78 is 0. The van der Waals surface area contributed by atoms with Crippen LogP contribution in [0.4, 0.5) is 0 Å². The minimum absolute atomic E-state index is 0.365. The van der Waals surface area contributed by atoms with E-state index in [0.717, 1.165) is 12.5 Å². The van der Waals surface area contributed by atoms with Crippen LogP contribution in [-0.2, 0) is 0 Å². The summed E-state index contributed by atoms with van der Waals surface area (Å²) in [5.74, 6) is 0.735. The normalized spacial score (nSPS) is 23.8. The first-order valence-corrected chi connectivity index (χ1v) is 5.18. The Morgan fingerprint density at radius 2 is 1.92 bits per heavy atom. The first-order chi connectivity index (χ1) is 6.09. The molecule has 0 aromatic rings. The molecule has 1 heterocycles. The second kappa shape index (κ2) is 4.94. The fourth-order valence-electron chi connectivity index (χ4n) is 2.03. The summed E-state index contributed by atoms with van der Waals surface area (Å²) >= 11 is 0. The monoisotopic (exact) mass is 185 g/mol. The van der Waals surface area contributed by atoms with Crippen molar-refractivity contribution in [3.8, 4) is 0 Å². The smallest absolute Gasteiger partial charge is 0.0197 e. The fourth-order valence-corrected chi connectivity index (χ4v) is 2.03. The van der Waals surface area contributed by atoms with Gasteiger partial charge >= 0.3 is 0 Å². The van der Waals surface area contributed by atoms with Gasteiger partial charge in [0.2, 0.25) is 0 Å². The maximum absolute atomic E-state index is 6.13. The fraction of sp³-hybridized carbons (Fsp3) is 1.00. The van der Waals surface area contributed by atoms with Gasteiger partial charge < -0.3 is 15.5 Å². The number of likely N-dealkylation sites (tertiary alicyclic amines) is 1. The lowest BCUT2D eigenvalue weighted by atomic mass is 9.90. The number of rotatable bonds is 3. The van der Waals surface area contributed by atoms with Gasteiger partial charge in [0.15, 0.2) is 0 Å². The van der Waals surface area contributed by atoms with Crippen molar-refractivity contribution in [1.82, 2.24) is 9.80 Å². The molecule has 1 atom stereocenters. The van der Waals surface area contributed by atoms with Crippen molar-refractivity contribution in [3.63, 3.8) is 0 Å². The van der Waals surface area contributed by atoms with E-state index in [4.69, 9.17) is 5.73 Å². The van der Waals surface area contributed by atoms with Crippen molar-refractivity contribution in [3.05, 3.63) is 0 Å². The summed E-state index contributed by atoms with van der Waals surface area (Å²) in [4.78, 5) is 4.57. The Balaban J connectivity index is 2.27. The lowest BCUT2D eigenvalue weighted by Crippen LogP contribution is -2.44. The van der Waals surface area contributed by atoms with Crippen LogP contribution in [0.2, 0.25) is 0 Å². The summed E-state index contributed by atoms with van der Waals surface area (Å²) in [6, 6.07) is 0.365. The third kappa shape index (κ3) is 3.63. The van der Waals surface area contributed by atoms with Gasteiger partial charge in [-0.05, 0) is 53.0 Å². The van der Waals surface area contributed by atoms with E-state index >= 15 is 0 Å². The third-order valence-electron chi connectivity index (χ3n) is 2.94. The molecule has 1 saturated heterocycles. The topological polar surface area (TPSA) is 32.5 Å². The zero-order valence-electron chi connectivity index (χ0n) is 9.16. The molecule has 0 bridgehead atoms. The van der Waals surface area contributed by atoms with Crippen molar-refractivity contribution in [2.24, 2.45) is 11.7 Å². The average molecular weight is 185 g/mol. The lowest BCUT2D eigenvalue weighted by molar-refractivity contribution is 0.183. The lowest BCUT2D eigenvalue weighted by Gasteiger charge is -2.33. The van der Waals surface area contributed by atoms with E-state index in [1.165, 1.54) is 25.9 Å². The van der Waals surface area contributed by atoms with E-state index in [0.29, 0.717) is 6.04 Å². The Kier molecular flexibility index (Phi) is 4.16. The average Bonchev–Trinajstić information content (AvgIpc) is 2.04. The van der Waals surface area contributed by atoms with Crippen molar-refractivity contribution >= 4 is 0 Å². The molecule has 13 heavy (non-hydrogen) atoms. The van der Waals surface area contributed by atoms with E-state index in [1.54, 1.807) is 0 Å². The van der Waals surface area contributed by atoms with Gasteiger partial charge in [0.05, 0.1) is 0 Å². The molecule has 0 amide bonds. The molecule has 1 unspecified atom stereocenters. The van der Waals surface area contributed by atoms with Gasteiger partial charge in [0.1, 0.15) is 0 Å². The van der Waals surface area contributed by atoms with E-state index in [2.05, 4.69) is 30.9 Å². The second-order valence-corrected chi connectivity index (χ2v) is 4.57. The van der Waals surface area contributed by atoms with Crippen molar-refractivity contribution in [2.75, 3.05) is 40.8 Å². The Hall–Kier alpha value is -0.120. The molecule has 3 nitrogen and oxygen atoms in total. The number of nitrogens with zero attached hydrogens (tertiary/aromatic N) is 2. The molecule has 1 aliphatic heterocycles. The van der Waals surface area contributed by atoms with E-state index in [1.807, 2.05) is 0 Å². The number of nitrogens with two attached hydrogens (primary N) is 1. The highest BCUT2D eigenvalue weighted by molar-refractivity contribution is 4.80. The highest BCUT2D eigenvalue weighted by atomic mass is 15.1. The molecule has 0 aliphatic carbocycles. The molecule has 0 spiro atoms. The molecule has 1 rings (SSSR count).